The van der Waals surface area contributed by atoms with Gasteiger partial charge < -0.3 is 31.6 Å². The topological polar surface area (TPSA) is 112 Å². The summed E-state index contributed by atoms with van der Waals surface area (Å²) in [5.74, 6) is 0.325. The summed E-state index contributed by atoms with van der Waals surface area (Å²) in [7, 11) is 0. The van der Waals surface area contributed by atoms with Gasteiger partial charge in [-0.1, -0.05) is 6.92 Å². The molecule has 23 heavy (non-hydrogen) atoms. The van der Waals surface area contributed by atoms with Crippen LogP contribution in [-0.2, 0) is 9.47 Å². The molecule has 0 saturated heterocycles. The van der Waals surface area contributed by atoms with Crippen LogP contribution in [0.3, 0.4) is 0 Å². The Hall–Kier alpha value is -1.47. The molecule has 0 radical (unpaired) electrons. The number of alkyl carbamates (subject to hydrolysis) is 1. The molecule has 7 heteroatoms. The maximum atomic E-state index is 11.9. The normalized spacial score (nSPS) is 30.9. The van der Waals surface area contributed by atoms with Gasteiger partial charge in [0, 0.05) is 30.1 Å². The van der Waals surface area contributed by atoms with E-state index in [0.29, 0.717) is 12.3 Å². The van der Waals surface area contributed by atoms with Crippen LogP contribution in [0.5, 0.6) is 0 Å². The van der Waals surface area contributed by atoms with Crippen LogP contribution < -0.4 is 22.1 Å². The zero-order valence-corrected chi connectivity index (χ0v) is 14.8. The molecule has 1 fully saturated rings. The van der Waals surface area contributed by atoms with Gasteiger partial charge in [-0.25, -0.2) is 4.79 Å². The molecular formula is C16H32N4O3. The Balaban J connectivity index is 2.73. The summed E-state index contributed by atoms with van der Waals surface area (Å²) < 4.78 is 11.4. The van der Waals surface area contributed by atoms with Crippen molar-refractivity contribution in [2.45, 2.75) is 77.4 Å². The second-order valence-electron chi connectivity index (χ2n) is 6.90. The van der Waals surface area contributed by atoms with Crippen LogP contribution in [0.2, 0.25) is 0 Å². The van der Waals surface area contributed by atoms with Gasteiger partial charge in [-0.3, -0.25) is 0 Å². The van der Waals surface area contributed by atoms with Crippen LogP contribution in [0.25, 0.3) is 0 Å². The Morgan fingerprint density at radius 2 is 1.52 bits per heavy atom. The molecule has 0 spiro atoms. The highest BCUT2D eigenvalue weighted by Gasteiger charge is 2.43. The SMILES string of the molecule is C=C(NC(C)C)OC1C(N)CC(N)C(OC(=O)NC(C)C)C1C. The van der Waals surface area contributed by atoms with E-state index in [1.165, 1.54) is 0 Å². The fraction of sp³-hybridized carbons (Fsp3) is 0.812. The lowest BCUT2D eigenvalue weighted by Gasteiger charge is -2.42. The number of nitrogens with one attached hydrogen (secondary N) is 2. The van der Waals surface area contributed by atoms with E-state index in [0.717, 1.165) is 0 Å². The quantitative estimate of drug-likeness (QED) is 0.542. The molecule has 5 unspecified atom stereocenters. The second kappa shape index (κ2) is 8.40. The Labute approximate surface area is 139 Å². The lowest BCUT2D eigenvalue weighted by Crippen LogP contribution is -2.60. The summed E-state index contributed by atoms with van der Waals surface area (Å²) >= 11 is 0. The summed E-state index contributed by atoms with van der Waals surface area (Å²) in [6.07, 6.45) is -0.722. The van der Waals surface area contributed by atoms with Crippen LogP contribution in [0.4, 0.5) is 4.79 Å². The number of carbonyl (C=O) groups is 1. The lowest BCUT2D eigenvalue weighted by atomic mass is 9.79. The molecule has 1 amide bonds. The van der Waals surface area contributed by atoms with Gasteiger partial charge >= 0.3 is 6.09 Å². The third-order valence-electron chi connectivity index (χ3n) is 3.80. The maximum Gasteiger partial charge on any atom is 0.407 e. The average molecular weight is 328 g/mol. The van der Waals surface area contributed by atoms with Crippen LogP contribution in [0.15, 0.2) is 12.5 Å². The van der Waals surface area contributed by atoms with Crippen molar-refractivity contribution in [2.75, 3.05) is 0 Å². The molecule has 1 saturated carbocycles. The Morgan fingerprint density at radius 1 is 1.04 bits per heavy atom. The molecule has 0 aromatic carbocycles. The van der Waals surface area contributed by atoms with Crippen LogP contribution in [0.1, 0.15) is 41.0 Å². The maximum absolute atomic E-state index is 11.9. The van der Waals surface area contributed by atoms with Crippen molar-refractivity contribution in [2.24, 2.45) is 17.4 Å². The van der Waals surface area contributed by atoms with Crippen molar-refractivity contribution in [3.05, 3.63) is 12.5 Å². The van der Waals surface area contributed by atoms with E-state index in [2.05, 4.69) is 17.2 Å². The Morgan fingerprint density at radius 3 is 2.00 bits per heavy atom. The molecule has 0 aliphatic heterocycles. The van der Waals surface area contributed by atoms with Gasteiger partial charge in [0.05, 0.1) is 0 Å². The highest BCUT2D eigenvalue weighted by molar-refractivity contribution is 5.67. The molecule has 1 aliphatic carbocycles. The van der Waals surface area contributed by atoms with Gasteiger partial charge in [-0.2, -0.15) is 0 Å². The summed E-state index contributed by atoms with van der Waals surface area (Å²) in [6, 6.07) is -0.339. The van der Waals surface area contributed by atoms with Crippen molar-refractivity contribution >= 4 is 6.09 Å². The highest BCUT2D eigenvalue weighted by Crippen LogP contribution is 2.29. The van der Waals surface area contributed by atoms with Gasteiger partial charge in [0.2, 0.25) is 0 Å². The molecule has 6 N–H and O–H groups in total. The van der Waals surface area contributed by atoms with Gasteiger partial charge in [0.25, 0.3) is 0 Å². The molecular weight excluding hydrogens is 296 g/mol. The lowest BCUT2D eigenvalue weighted by molar-refractivity contribution is -0.0617. The Bertz CT molecular complexity index is 378. The van der Waals surface area contributed by atoms with E-state index >= 15 is 0 Å². The summed E-state index contributed by atoms with van der Waals surface area (Å²) in [4.78, 5) is 11.9. The first-order valence-electron chi connectivity index (χ1n) is 8.22. The van der Waals surface area contributed by atoms with Crippen molar-refractivity contribution in [1.29, 1.82) is 0 Å². The first kappa shape index (κ1) is 19.6. The van der Waals surface area contributed by atoms with Crippen LogP contribution in [-0.4, -0.2) is 42.5 Å². The predicted molar refractivity (Wildman–Crippen MR) is 90.6 cm³/mol. The van der Waals surface area contributed by atoms with Crippen molar-refractivity contribution in [1.82, 2.24) is 10.6 Å². The largest absolute Gasteiger partial charge is 0.474 e. The van der Waals surface area contributed by atoms with Gasteiger partial charge in [-0.05, 0) is 40.7 Å². The van der Waals surface area contributed by atoms with Crippen molar-refractivity contribution in [3.63, 3.8) is 0 Å². The summed E-state index contributed by atoms with van der Waals surface area (Å²) in [5, 5.41) is 5.81. The minimum atomic E-state index is -0.472. The van der Waals surface area contributed by atoms with E-state index < -0.39 is 12.2 Å². The summed E-state index contributed by atoms with van der Waals surface area (Å²) in [5.41, 5.74) is 12.3. The van der Waals surface area contributed by atoms with Gasteiger partial charge in [-0.15, -0.1) is 0 Å². The van der Waals surface area contributed by atoms with Crippen LogP contribution in [0, 0.1) is 5.92 Å². The first-order chi connectivity index (χ1) is 10.6. The molecule has 0 aromatic heterocycles. The smallest absolute Gasteiger partial charge is 0.407 e. The average Bonchev–Trinajstić information content (AvgIpc) is 2.38. The molecule has 0 heterocycles. The minimum absolute atomic E-state index is 0.00180. The predicted octanol–water partition coefficient (Wildman–Crippen LogP) is 1.04. The molecule has 134 valence electrons. The first-order valence-corrected chi connectivity index (χ1v) is 8.22. The standard InChI is InChI=1S/C16H32N4O3/c1-8(2)19-11(6)22-14-10(5)15(13(18)7-12(14)17)23-16(21)20-9(3)4/h8-10,12-15,19H,6-7,17-18H2,1-5H3,(H,20,21). The van der Waals surface area contributed by atoms with Gasteiger partial charge in [0.1, 0.15) is 12.2 Å². The number of ether oxygens (including phenoxy) is 2. The Kier molecular flexibility index (Phi) is 7.15. The van der Waals surface area contributed by atoms with Crippen molar-refractivity contribution in [3.8, 4) is 0 Å². The second-order valence-corrected chi connectivity index (χ2v) is 6.90. The molecule has 0 bridgehead atoms. The van der Waals surface area contributed by atoms with Crippen LogP contribution >= 0.6 is 0 Å². The fourth-order valence-corrected chi connectivity index (χ4v) is 2.85. The molecule has 7 nitrogen and oxygen atoms in total. The number of nitrogens with two attached hydrogens (primary N) is 2. The fourth-order valence-electron chi connectivity index (χ4n) is 2.85. The number of hydrogen-bond acceptors (Lipinski definition) is 6. The van der Waals surface area contributed by atoms with E-state index in [9.17, 15) is 4.79 Å². The third-order valence-corrected chi connectivity index (χ3v) is 3.80. The van der Waals surface area contributed by atoms with E-state index in [-0.39, 0.29) is 36.2 Å². The summed E-state index contributed by atoms with van der Waals surface area (Å²) in [6.45, 7) is 13.5. The number of carbonyl (C=O) groups excluding carboxylic acids is 1. The molecule has 5 atom stereocenters. The van der Waals surface area contributed by atoms with Crippen molar-refractivity contribution < 1.29 is 14.3 Å². The number of hydrogen-bond donors (Lipinski definition) is 4. The van der Waals surface area contributed by atoms with E-state index in [1.807, 2.05) is 34.6 Å². The zero-order valence-electron chi connectivity index (χ0n) is 14.8. The third kappa shape index (κ3) is 5.91. The van der Waals surface area contributed by atoms with E-state index in [4.69, 9.17) is 20.9 Å². The number of amides is 1. The molecule has 0 aromatic rings. The van der Waals surface area contributed by atoms with E-state index in [1.54, 1.807) is 0 Å². The molecule has 1 aliphatic rings. The number of rotatable bonds is 6. The molecule has 1 rings (SSSR count). The highest BCUT2D eigenvalue weighted by atomic mass is 16.6. The monoisotopic (exact) mass is 328 g/mol. The zero-order chi connectivity index (χ0) is 17.7. The van der Waals surface area contributed by atoms with Gasteiger partial charge in [0.15, 0.2) is 5.88 Å². The minimum Gasteiger partial charge on any atom is -0.474 e.